The van der Waals surface area contributed by atoms with Crippen molar-refractivity contribution in [2.75, 3.05) is 18.0 Å². The van der Waals surface area contributed by atoms with Crippen LogP contribution in [0.25, 0.3) is 0 Å². The molecule has 2 N–H and O–H groups in total. The van der Waals surface area contributed by atoms with Crippen LogP contribution in [0.15, 0.2) is 36.5 Å². The summed E-state index contributed by atoms with van der Waals surface area (Å²) in [6.45, 7) is 6.59. The third-order valence-corrected chi connectivity index (χ3v) is 5.58. The van der Waals surface area contributed by atoms with Crippen molar-refractivity contribution in [2.24, 2.45) is 5.73 Å². The standard InChI is InChI=1S/C21H28N4O/c1-14-12-25(13-15(2)26-14)21-5-3-4-20(24-21)18-8-17(9-18)16-6-7-23-19(10-16)11-22/h3-7,10,14-15,17-18H,8-9,11-13,22H2,1-2H3/t14-,15+,17?,18?. The summed E-state index contributed by atoms with van der Waals surface area (Å²) in [5, 5.41) is 0. The Hall–Kier alpha value is -1.98. The lowest BCUT2D eigenvalue weighted by atomic mass is 9.70. The second-order valence-corrected chi connectivity index (χ2v) is 7.73. The van der Waals surface area contributed by atoms with Gasteiger partial charge in [-0.1, -0.05) is 6.07 Å². The van der Waals surface area contributed by atoms with Gasteiger partial charge >= 0.3 is 0 Å². The normalized spacial score (nSPS) is 28.7. The van der Waals surface area contributed by atoms with Crippen LogP contribution < -0.4 is 10.6 Å². The van der Waals surface area contributed by atoms with Crippen LogP contribution in [0.5, 0.6) is 0 Å². The number of rotatable bonds is 4. The summed E-state index contributed by atoms with van der Waals surface area (Å²) in [5.74, 6) is 2.23. The molecule has 0 spiro atoms. The predicted octanol–water partition coefficient (Wildman–Crippen LogP) is 3.21. The first-order valence-electron chi connectivity index (χ1n) is 9.64. The minimum Gasteiger partial charge on any atom is -0.372 e. The molecule has 3 heterocycles. The van der Waals surface area contributed by atoms with Crippen LogP contribution in [-0.2, 0) is 11.3 Å². The third-order valence-electron chi connectivity index (χ3n) is 5.58. The van der Waals surface area contributed by atoms with Crippen molar-refractivity contribution in [1.29, 1.82) is 0 Å². The molecule has 0 unspecified atom stereocenters. The van der Waals surface area contributed by atoms with Crippen LogP contribution in [-0.4, -0.2) is 35.3 Å². The molecule has 0 aromatic carbocycles. The smallest absolute Gasteiger partial charge is 0.128 e. The maximum absolute atomic E-state index is 5.85. The summed E-state index contributed by atoms with van der Waals surface area (Å²) in [5.41, 5.74) is 9.28. The zero-order valence-electron chi connectivity index (χ0n) is 15.6. The van der Waals surface area contributed by atoms with E-state index in [2.05, 4.69) is 54.1 Å². The highest BCUT2D eigenvalue weighted by Crippen LogP contribution is 2.47. The maximum atomic E-state index is 5.85. The highest BCUT2D eigenvalue weighted by atomic mass is 16.5. The summed E-state index contributed by atoms with van der Waals surface area (Å²) in [6.07, 6.45) is 4.69. The van der Waals surface area contributed by atoms with Crippen molar-refractivity contribution in [1.82, 2.24) is 9.97 Å². The fourth-order valence-corrected chi connectivity index (χ4v) is 4.20. The molecule has 138 valence electrons. The number of morpholine rings is 1. The van der Waals surface area contributed by atoms with Gasteiger partial charge in [0.1, 0.15) is 5.82 Å². The number of aromatic nitrogens is 2. The molecule has 2 aromatic heterocycles. The molecule has 2 aromatic rings. The second-order valence-electron chi connectivity index (χ2n) is 7.73. The van der Waals surface area contributed by atoms with E-state index < -0.39 is 0 Å². The molecule has 4 rings (SSSR count). The molecule has 2 atom stereocenters. The predicted molar refractivity (Wildman–Crippen MR) is 103 cm³/mol. The number of nitrogens with two attached hydrogens (primary N) is 1. The van der Waals surface area contributed by atoms with Gasteiger partial charge in [0.25, 0.3) is 0 Å². The van der Waals surface area contributed by atoms with E-state index in [-0.39, 0.29) is 12.2 Å². The Morgan fingerprint density at radius 1 is 1.12 bits per heavy atom. The summed E-state index contributed by atoms with van der Waals surface area (Å²) < 4.78 is 5.85. The van der Waals surface area contributed by atoms with Crippen LogP contribution in [0.4, 0.5) is 5.82 Å². The quantitative estimate of drug-likeness (QED) is 0.915. The average Bonchev–Trinajstić information content (AvgIpc) is 2.60. The van der Waals surface area contributed by atoms with Gasteiger partial charge in [0.15, 0.2) is 0 Å². The molecule has 0 bridgehead atoms. The van der Waals surface area contributed by atoms with Gasteiger partial charge in [-0.25, -0.2) is 4.98 Å². The topological polar surface area (TPSA) is 64.3 Å². The number of hydrogen-bond acceptors (Lipinski definition) is 5. The van der Waals surface area contributed by atoms with E-state index >= 15 is 0 Å². The molecule has 5 heteroatoms. The van der Waals surface area contributed by atoms with Gasteiger partial charge in [-0.3, -0.25) is 4.98 Å². The molecule has 0 radical (unpaired) electrons. The van der Waals surface area contributed by atoms with Crippen molar-refractivity contribution in [3.63, 3.8) is 0 Å². The molecule has 1 aliphatic carbocycles. The minimum atomic E-state index is 0.251. The van der Waals surface area contributed by atoms with E-state index in [1.54, 1.807) is 0 Å². The first-order valence-corrected chi connectivity index (χ1v) is 9.64. The van der Waals surface area contributed by atoms with Crippen molar-refractivity contribution < 1.29 is 4.74 Å². The van der Waals surface area contributed by atoms with Crippen molar-refractivity contribution in [3.8, 4) is 0 Å². The molecule has 5 nitrogen and oxygen atoms in total. The fraction of sp³-hybridized carbons (Fsp3) is 0.524. The first-order chi connectivity index (χ1) is 12.6. The maximum Gasteiger partial charge on any atom is 0.128 e. The Morgan fingerprint density at radius 3 is 2.62 bits per heavy atom. The molecule has 1 saturated heterocycles. The SMILES string of the molecule is C[C@@H]1CN(c2cccc(C3CC(c4ccnc(CN)c4)C3)n2)C[C@H](C)O1. The Bertz CT molecular complexity index is 749. The molecule has 2 fully saturated rings. The van der Waals surface area contributed by atoms with E-state index in [0.717, 1.165) is 37.4 Å². The van der Waals surface area contributed by atoms with E-state index in [0.29, 0.717) is 18.4 Å². The van der Waals surface area contributed by atoms with Crippen LogP contribution in [0, 0.1) is 0 Å². The molecule has 1 aliphatic heterocycles. The zero-order valence-corrected chi connectivity index (χ0v) is 15.6. The van der Waals surface area contributed by atoms with Crippen molar-refractivity contribution in [2.45, 2.75) is 57.3 Å². The van der Waals surface area contributed by atoms with Crippen LogP contribution in [0.3, 0.4) is 0 Å². The van der Waals surface area contributed by atoms with Crippen LogP contribution in [0.1, 0.15) is 55.5 Å². The van der Waals surface area contributed by atoms with E-state index in [1.807, 2.05) is 6.20 Å². The molecule has 0 amide bonds. The van der Waals surface area contributed by atoms with Crippen molar-refractivity contribution >= 4 is 5.82 Å². The Morgan fingerprint density at radius 2 is 1.88 bits per heavy atom. The summed E-state index contributed by atoms with van der Waals surface area (Å²) in [6, 6.07) is 10.7. The highest BCUT2D eigenvalue weighted by molar-refractivity contribution is 5.41. The van der Waals surface area contributed by atoms with E-state index in [4.69, 9.17) is 15.5 Å². The summed E-state index contributed by atoms with van der Waals surface area (Å²) in [7, 11) is 0. The highest BCUT2D eigenvalue weighted by Gasteiger charge is 2.33. The number of anilines is 1. The van der Waals surface area contributed by atoms with Crippen molar-refractivity contribution in [3.05, 3.63) is 53.5 Å². The Balaban J connectivity index is 1.43. The minimum absolute atomic E-state index is 0.251. The van der Waals surface area contributed by atoms with Crippen LogP contribution in [0.2, 0.25) is 0 Å². The largest absolute Gasteiger partial charge is 0.372 e. The van der Waals surface area contributed by atoms with E-state index in [9.17, 15) is 0 Å². The Labute approximate surface area is 155 Å². The third kappa shape index (κ3) is 3.60. The van der Waals surface area contributed by atoms with Gasteiger partial charge in [0.2, 0.25) is 0 Å². The molecule has 26 heavy (non-hydrogen) atoms. The second kappa shape index (κ2) is 7.33. The fourth-order valence-electron chi connectivity index (χ4n) is 4.20. The number of nitrogens with zero attached hydrogens (tertiary/aromatic N) is 3. The first kappa shape index (κ1) is 17.4. The number of hydrogen-bond donors (Lipinski definition) is 1. The monoisotopic (exact) mass is 352 g/mol. The lowest BCUT2D eigenvalue weighted by molar-refractivity contribution is -0.00547. The van der Waals surface area contributed by atoms with Gasteiger partial charge in [0.05, 0.1) is 17.9 Å². The molecular weight excluding hydrogens is 324 g/mol. The Kier molecular flexibility index (Phi) is 4.92. The number of ether oxygens (including phenoxy) is 1. The van der Waals surface area contributed by atoms with Gasteiger partial charge < -0.3 is 15.4 Å². The van der Waals surface area contributed by atoms with E-state index in [1.165, 1.54) is 11.3 Å². The van der Waals surface area contributed by atoms with Gasteiger partial charge in [0, 0.05) is 37.4 Å². The summed E-state index contributed by atoms with van der Waals surface area (Å²) >= 11 is 0. The van der Waals surface area contributed by atoms with Gasteiger partial charge in [-0.2, -0.15) is 0 Å². The average molecular weight is 352 g/mol. The molecular formula is C21H28N4O. The molecule has 2 aliphatic rings. The lowest BCUT2D eigenvalue weighted by Gasteiger charge is -2.38. The van der Waals surface area contributed by atoms with Gasteiger partial charge in [-0.05, 0) is 62.4 Å². The lowest BCUT2D eigenvalue weighted by Crippen LogP contribution is -2.45. The zero-order chi connectivity index (χ0) is 18.1. The number of pyridine rings is 2. The summed E-state index contributed by atoms with van der Waals surface area (Å²) in [4.78, 5) is 11.6. The van der Waals surface area contributed by atoms with Gasteiger partial charge in [-0.15, -0.1) is 0 Å². The molecule has 1 saturated carbocycles. The van der Waals surface area contributed by atoms with Crippen LogP contribution >= 0.6 is 0 Å².